The molecule has 10 heteroatoms. The molecular weight excluding hydrogens is 675 g/mol. The number of fused-ring (bicyclic) bond motifs is 7. The number of hydrogen-bond acceptors (Lipinski definition) is 7. The van der Waals surface area contributed by atoms with E-state index in [1.54, 1.807) is 12.1 Å². The van der Waals surface area contributed by atoms with E-state index in [1.165, 1.54) is 17.7 Å². The van der Waals surface area contributed by atoms with Gasteiger partial charge in [0.15, 0.2) is 0 Å². The number of urea groups is 1. The molecule has 7 rings (SSSR count). The number of rotatable bonds is 5. The van der Waals surface area contributed by atoms with Crippen molar-refractivity contribution in [1.82, 2.24) is 5.32 Å². The minimum absolute atomic E-state index is 0.000617. The highest BCUT2D eigenvalue weighted by Gasteiger charge is 2.70. The summed E-state index contributed by atoms with van der Waals surface area (Å²) in [7, 11) is 0. The Kier molecular flexibility index (Phi) is 9.80. The lowest BCUT2D eigenvalue weighted by atomic mass is 9.33. The van der Waals surface area contributed by atoms with Gasteiger partial charge in [-0.3, -0.25) is 0 Å². The van der Waals surface area contributed by atoms with E-state index in [0.29, 0.717) is 17.5 Å². The van der Waals surface area contributed by atoms with Gasteiger partial charge in [-0.25, -0.2) is 9.18 Å². The van der Waals surface area contributed by atoms with Crippen LogP contribution >= 0.6 is 0 Å². The highest BCUT2D eigenvalue weighted by molar-refractivity contribution is 5.89. The van der Waals surface area contributed by atoms with Gasteiger partial charge in [0, 0.05) is 17.1 Å². The first-order chi connectivity index (χ1) is 24.7. The van der Waals surface area contributed by atoms with E-state index in [2.05, 4.69) is 65.2 Å². The number of aliphatic hydroxyl groups is 5. The van der Waals surface area contributed by atoms with Gasteiger partial charge in [0.1, 0.15) is 36.3 Å². The van der Waals surface area contributed by atoms with Gasteiger partial charge >= 0.3 is 6.03 Å². The molecule has 1 aromatic rings. The average Bonchev–Trinajstić information content (AvgIpc) is 3.09. The Morgan fingerprint density at radius 1 is 0.887 bits per heavy atom. The van der Waals surface area contributed by atoms with Gasteiger partial charge in [-0.1, -0.05) is 60.1 Å². The third-order valence-electron chi connectivity index (χ3n) is 17.0. The first-order valence-corrected chi connectivity index (χ1v) is 20.3. The van der Waals surface area contributed by atoms with Crippen molar-refractivity contribution in [1.29, 1.82) is 0 Å². The molecule has 1 aliphatic heterocycles. The van der Waals surface area contributed by atoms with E-state index in [-0.39, 0.29) is 50.9 Å². The van der Waals surface area contributed by atoms with E-state index in [1.807, 2.05) is 0 Å². The van der Waals surface area contributed by atoms with Crippen LogP contribution < -0.4 is 10.6 Å². The maximum Gasteiger partial charge on any atom is 0.319 e. The highest BCUT2D eigenvalue weighted by atomic mass is 19.1. The lowest BCUT2D eigenvalue weighted by Gasteiger charge is -2.72. The molecule has 1 aromatic carbocycles. The van der Waals surface area contributed by atoms with Crippen molar-refractivity contribution in [2.24, 2.45) is 50.2 Å². The van der Waals surface area contributed by atoms with Gasteiger partial charge in [0.25, 0.3) is 0 Å². The number of allylic oxidation sites excluding steroid dienone is 2. The van der Waals surface area contributed by atoms with E-state index >= 15 is 0 Å². The summed E-state index contributed by atoms with van der Waals surface area (Å²) in [5, 5.41) is 61.0. The molecule has 5 aliphatic carbocycles. The molecule has 1 saturated heterocycles. The molecule has 6 unspecified atom stereocenters. The molecule has 14 atom stereocenters. The first-order valence-electron chi connectivity index (χ1n) is 20.3. The SMILES string of the molecule is CC1(C)CC[C@]2([C@H](O)[C@H]3OC(CO)[C@H](O)C(O)C3O)CC[C@]3(C)C(=CCC4[C@@]5(C)CC[C@H](NC(=O)Nc6ccc(F)cc6)C(C)(C)C5CC[C@]43C)C2C1. The summed E-state index contributed by atoms with van der Waals surface area (Å²) in [6.07, 6.45) is 4.06. The summed E-state index contributed by atoms with van der Waals surface area (Å²) in [5.74, 6) is 0.565. The predicted octanol–water partition coefficient (Wildman–Crippen LogP) is 6.32. The molecule has 4 saturated carbocycles. The molecule has 0 aromatic heterocycles. The van der Waals surface area contributed by atoms with Crippen LogP contribution in [0.15, 0.2) is 35.9 Å². The average molecular weight is 741 g/mol. The van der Waals surface area contributed by atoms with Crippen LogP contribution in [0.4, 0.5) is 14.9 Å². The van der Waals surface area contributed by atoms with Crippen LogP contribution in [0.3, 0.4) is 0 Å². The van der Waals surface area contributed by atoms with Gasteiger partial charge in [-0.05, 0) is 133 Å². The summed E-state index contributed by atoms with van der Waals surface area (Å²) in [6, 6.07) is 5.58. The Balaban J connectivity index is 1.17. The number of halogens is 1. The number of hydrogen-bond donors (Lipinski definition) is 7. The topological polar surface area (TPSA) is 152 Å². The van der Waals surface area contributed by atoms with E-state index < -0.39 is 48.6 Å². The van der Waals surface area contributed by atoms with Gasteiger partial charge in [0.05, 0.1) is 12.7 Å². The quantitative estimate of drug-likeness (QED) is 0.175. The molecule has 0 spiro atoms. The summed E-state index contributed by atoms with van der Waals surface area (Å²) >= 11 is 0. The van der Waals surface area contributed by atoms with Gasteiger partial charge < -0.3 is 40.9 Å². The minimum Gasteiger partial charge on any atom is -0.394 e. The second kappa shape index (κ2) is 13.3. The first kappa shape index (κ1) is 39.2. The van der Waals surface area contributed by atoms with Crippen LogP contribution in [0.5, 0.6) is 0 Å². The highest BCUT2D eigenvalue weighted by Crippen LogP contribution is 2.76. The van der Waals surface area contributed by atoms with E-state index in [4.69, 9.17) is 4.74 Å². The van der Waals surface area contributed by atoms with Crippen LogP contribution in [0.1, 0.15) is 113 Å². The molecule has 5 fully saturated rings. The summed E-state index contributed by atoms with van der Waals surface area (Å²) in [4.78, 5) is 13.2. The van der Waals surface area contributed by atoms with Crippen molar-refractivity contribution in [2.45, 2.75) is 155 Å². The molecule has 0 radical (unpaired) electrons. The lowest BCUT2D eigenvalue weighted by Crippen LogP contribution is -2.68. The number of benzene rings is 1. The number of carbonyl (C=O) groups is 1. The van der Waals surface area contributed by atoms with Gasteiger partial charge in [0.2, 0.25) is 0 Å². The normalized spacial score (nSPS) is 46.4. The molecule has 1 heterocycles. The van der Waals surface area contributed by atoms with Crippen molar-refractivity contribution in [3.8, 4) is 0 Å². The zero-order valence-corrected chi connectivity index (χ0v) is 32.9. The standard InChI is InChI=1S/C43H65FN2O7/c1-38(2)18-20-43(36(51)35-34(50)33(49)32(48)28(23-47)53-35)21-19-41(6)26(27(43)22-38)12-13-30-40(5)16-15-31(39(3,4)29(40)14-17-42(30,41)7)46-37(52)45-25-10-8-24(44)9-11-25/h8-12,27-36,47-51H,13-23H2,1-7H3,(H2,45,46,52)/t27?,28?,29?,30?,31-,32-,33?,34?,35-,36+,40-,41+,42+,43-/m0/s1. The Bertz CT molecular complexity index is 1580. The number of ether oxygens (including phenoxy) is 1. The van der Waals surface area contributed by atoms with E-state index in [0.717, 1.165) is 64.2 Å². The molecule has 53 heavy (non-hydrogen) atoms. The number of carbonyl (C=O) groups excluding carboxylic acids is 1. The minimum atomic E-state index is -1.52. The van der Waals surface area contributed by atoms with Crippen molar-refractivity contribution >= 4 is 11.7 Å². The number of anilines is 1. The maximum absolute atomic E-state index is 13.5. The molecule has 0 bridgehead atoms. The smallest absolute Gasteiger partial charge is 0.319 e. The second-order valence-electron chi connectivity index (χ2n) is 20.2. The number of nitrogens with one attached hydrogen (secondary N) is 2. The van der Waals surface area contributed by atoms with Crippen molar-refractivity contribution < 1.29 is 39.5 Å². The van der Waals surface area contributed by atoms with Crippen LogP contribution in [0.25, 0.3) is 0 Å². The van der Waals surface area contributed by atoms with Crippen molar-refractivity contribution in [3.05, 3.63) is 41.7 Å². The molecule has 9 nitrogen and oxygen atoms in total. The predicted molar refractivity (Wildman–Crippen MR) is 201 cm³/mol. The second-order valence-corrected chi connectivity index (χ2v) is 20.2. The van der Waals surface area contributed by atoms with Crippen LogP contribution in [0, 0.1) is 56.1 Å². The van der Waals surface area contributed by atoms with Crippen LogP contribution in [-0.4, -0.2) is 80.8 Å². The third-order valence-corrected chi connectivity index (χ3v) is 17.0. The van der Waals surface area contributed by atoms with E-state index in [9.17, 15) is 34.7 Å². The fourth-order valence-electron chi connectivity index (χ4n) is 13.6. The number of amides is 2. The Morgan fingerprint density at radius 2 is 1.57 bits per heavy atom. The monoisotopic (exact) mass is 740 g/mol. The van der Waals surface area contributed by atoms with Crippen LogP contribution in [0.2, 0.25) is 0 Å². The van der Waals surface area contributed by atoms with Gasteiger partial charge in [-0.15, -0.1) is 0 Å². The molecule has 2 amide bonds. The molecule has 6 aliphatic rings. The molecular formula is C43H65FN2O7. The zero-order valence-electron chi connectivity index (χ0n) is 32.9. The Morgan fingerprint density at radius 3 is 2.25 bits per heavy atom. The summed E-state index contributed by atoms with van der Waals surface area (Å²) in [6.45, 7) is 16.3. The van der Waals surface area contributed by atoms with Crippen molar-refractivity contribution in [3.63, 3.8) is 0 Å². The summed E-state index contributed by atoms with van der Waals surface area (Å²) < 4.78 is 19.5. The zero-order chi connectivity index (χ0) is 38.5. The summed E-state index contributed by atoms with van der Waals surface area (Å²) in [5.41, 5.74) is 1.31. The fourth-order valence-corrected chi connectivity index (χ4v) is 13.6. The third kappa shape index (κ3) is 5.94. The lowest BCUT2D eigenvalue weighted by molar-refractivity contribution is -0.272. The molecule has 7 N–H and O–H groups in total. The Hall–Kier alpha value is -2.08. The van der Waals surface area contributed by atoms with Gasteiger partial charge in [-0.2, -0.15) is 0 Å². The van der Waals surface area contributed by atoms with Crippen molar-refractivity contribution in [2.75, 3.05) is 11.9 Å². The number of aliphatic hydroxyl groups excluding tert-OH is 5. The van der Waals surface area contributed by atoms with Crippen LogP contribution in [-0.2, 0) is 4.74 Å². The largest absolute Gasteiger partial charge is 0.394 e. The maximum atomic E-state index is 13.5. The Labute approximate surface area is 315 Å². The fraction of sp³-hybridized carbons (Fsp3) is 0.791. The molecule has 296 valence electrons.